The highest BCUT2D eigenvalue weighted by Gasteiger charge is 2.45. The van der Waals surface area contributed by atoms with Crippen molar-refractivity contribution < 1.29 is 4.79 Å². The van der Waals surface area contributed by atoms with Crippen LogP contribution in [0.2, 0.25) is 5.02 Å². The Morgan fingerprint density at radius 1 is 1.23 bits per heavy atom. The number of aryl methyl sites for hydroxylation is 1. The molecule has 1 heterocycles. The lowest BCUT2D eigenvalue weighted by Crippen LogP contribution is -2.49. The lowest BCUT2D eigenvalue weighted by atomic mass is 9.64. The Morgan fingerprint density at radius 3 is 2.41 bits per heavy atom. The molecule has 0 radical (unpaired) electrons. The van der Waals surface area contributed by atoms with E-state index >= 15 is 0 Å². The van der Waals surface area contributed by atoms with Crippen LogP contribution in [0.1, 0.15) is 36.2 Å². The van der Waals surface area contributed by atoms with Gasteiger partial charge in [0.2, 0.25) is 5.91 Å². The second-order valence-corrected chi connectivity index (χ2v) is 6.59. The summed E-state index contributed by atoms with van der Waals surface area (Å²) in [5, 5.41) is 3.82. The molecule has 4 heteroatoms. The van der Waals surface area contributed by atoms with Gasteiger partial charge in [-0.05, 0) is 49.6 Å². The van der Waals surface area contributed by atoms with E-state index in [1.807, 2.05) is 31.3 Å². The van der Waals surface area contributed by atoms with Gasteiger partial charge < -0.3 is 9.88 Å². The highest BCUT2D eigenvalue weighted by atomic mass is 35.5. The van der Waals surface area contributed by atoms with Crippen LogP contribution in [0.15, 0.2) is 36.4 Å². The first-order valence-corrected chi connectivity index (χ1v) is 8.06. The maximum Gasteiger partial charge on any atom is 0.230 e. The Balaban J connectivity index is 1.74. The van der Waals surface area contributed by atoms with Crippen molar-refractivity contribution >= 4 is 17.5 Å². The number of aromatic nitrogens is 1. The second kappa shape index (κ2) is 5.81. The summed E-state index contributed by atoms with van der Waals surface area (Å²) in [6.07, 6.45) is 2.92. The summed E-state index contributed by atoms with van der Waals surface area (Å²) < 4.78 is 2.11. The Hall–Kier alpha value is -1.74. The molecule has 1 aliphatic carbocycles. The van der Waals surface area contributed by atoms with Gasteiger partial charge in [-0.25, -0.2) is 0 Å². The molecule has 0 saturated heterocycles. The van der Waals surface area contributed by atoms with Crippen LogP contribution in [0, 0.1) is 6.92 Å². The Morgan fingerprint density at radius 2 is 1.91 bits per heavy atom. The van der Waals surface area contributed by atoms with E-state index in [9.17, 15) is 4.79 Å². The molecule has 1 aromatic heterocycles. The van der Waals surface area contributed by atoms with Crippen LogP contribution in [0.25, 0.3) is 0 Å². The fourth-order valence-corrected chi connectivity index (χ4v) is 3.26. The zero-order valence-electron chi connectivity index (χ0n) is 13.0. The van der Waals surface area contributed by atoms with Crippen LogP contribution in [0.4, 0.5) is 0 Å². The summed E-state index contributed by atoms with van der Waals surface area (Å²) in [7, 11) is 2.02. The van der Waals surface area contributed by atoms with E-state index < -0.39 is 0 Å². The molecular weight excluding hydrogens is 296 g/mol. The number of carbonyl (C=O) groups excluding carboxylic acids is 1. The van der Waals surface area contributed by atoms with Gasteiger partial charge in [-0.3, -0.25) is 4.79 Å². The standard InChI is InChI=1S/C18H21ClN2O/c1-13-4-9-16(21(13)2)12-20-17(22)18(10-3-11-18)14-5-7-15(19)8-6-14/h4-9H,3,10-12H2,1-2H3,(H,20,22). The van der Waals surface area contributed by atoms with E-state index in [2.05, 4.69) is 28.9 Å². The molecular formula is C18H21ClN2O. The molecule has 1 amide bonds. The van der Waals surface area contributed by atoms with Crippen LogP contribution < -0.4 is 5.32 Å². The monoisotopic (exact) mass is 316 g/mol. The largest absolute Gasteiger partial charge is 0.350 e. The number of amides is 1. The highest BCUT2D eigenvalue weighted by molar-refractivity contribution is 6.30. The van der Waals surface area contributed by atoms with Crippen LogP contribution in [0.5, 0.6) is 0 Å². The predicted molar refractivity (Wildman–Crippen MR) is 89.0 cm³/mol. The average Bonchev–Trinajstić information content (AvgIpc) is 2.77. The van der Waals surface area contributed by atoms with E-state index in [0.717, 1.165) is 30.5 Å². The molecule has 1 saturated carbocycles. The van der Waals surface area contributed by atoms with Gasteiger partial charge >= 0.3 is 0 Å². The van der Waals surface area contributed by atoms with E-state index in [4.69, 9.17) is 11.6 Å². The van der Waals surface area contributed by atoms with Crippen molar-refractivity contribution in [3.8, 4) is 0 Å². The zero-order valence-corrected chi connectivity index (χ0v) is 13.8. The van der Waals surface area contributed by atoms with Crippen LogP contribution >= 0.6 is 11.6 Å². The normalized spacial score (nSPS) is 16.1. The number of nitrogens with zero attached hydrogens (tertiary/aromatic N) is 1. The SMILES string of the molecule is Cc1ccc(CNC(=O)C2(c3ccc(Cl)cc3)CCC2)n1C. The van der Waals surface area contributed by atoms with Crippen LogP contribution in [-0.2, 0) is 23.8 Å². The maximum absolute atomic E-state index is 12.8. The van der Waals surface area contributed by atoms with Gasteiger partial charge in [0.05, 0.1) is 12.0 Å². The Bertz CT molecular complexity index is 684. The molecule has 1 aromatic carbocycles. The lowest BCUT2D eigenvalue weighted by Gasteiger charge is -2.40. The summed E-state index contributed by atoms with van der Waals surface area (Å²) in [6.45, 7) is 2.63. The van der Waals surface area contributed by atoms with Gasteiger partial charge in [0.1, 0.15) is 0 Å². The third-order valence-electron chi connectivity index (χ3n) is 4.95. The first-order valence-electron chi connectivity index (χ1n) is 7.68. The quantitative estimate of drug-likeness (QED) is 0.916. The van der Waals surface area contributed by atoms with E-state index in [0.29, 0.717) is 11.6 Å². The predicted octanol–water partition coefficient (Wildman–Crippen LogP) is 3.73. The number of nitrogens with one attached hydrogen (secondary N) is 1. The maximum atomic E-state index is 12.8. The molecule has 0 bridgehead atoms. The fourth-order valence-electron chi connectivity index (χ4n) is 3.13. The zero-order chi connectivity index (χ0) is 15.7. The summed E-state index contributed by atoms with van der Waals surface area (Å²) in [4.78, 5) is 12.8. The number of hydrogen-bond acceptors (Lipinski definition) is 1. The van der Waals surface area contributed by atoms with Crippen molar-refractivity contribution in [2.45, 2.75) is 38.1 Å². The first-order chi connectivity index (χ1) is 10.5. The van der Waals surface area contributed by atoms with E-state index in [-0.39, 0.29) is 11.3 Å². The van der Waals surface area contributed by atoms with Gasteiger partial charge in [0.15, 0.2) is 0 Å². The molecule has 22 heavy (non-hydrogen) atoms. The molecule has 1 fully saturated rings. The lowest BCUT2D eigenvalue weighted by molar-refractivity contribution is -0.130. The van der Waals surface area contributed by atoms with E-state index in [1.54, 1.807) is 0 Å². The molecule has 0 atom stereocenters. The van der Waals surface area contributed by atoms with Crippen LogP contribution in [0.3, 0.4) is 0 Å². The second-order valence-electron chi connectivity index (χ2n) is 6.15. The number of halogens is 1. The van der Waals surface area contributed by atoms with Crippen molar-refractivity contribution in [1.82, 2.24) is 9.88 Å². The summed E-state index contributed by atoms with van der Waals surface area (Å²) in [5.74, 6) is 0.125. The van der Waals surface area contributed by atoms with Gasteiger partial charge in [-0.2, -0.15) is 0 Å². The smallest absolute Gasteiger partial charge is 0.230 e. The van der Waals surface area contributed by atoms with E-state index in [1.165, 1.54) is 5.69 Å². The molecule has 3 rings (SSSR count). The number of rotatable bonds is 4. The third kappa shape index (κ3) is 2.54. The van der Waals surface area contributed by atoms with Crippen molar-refractivity contribution in [2.75, 3.05) is 0 Å². The average molecular weight is 317 g/mol. The number of benzene rings is 1. The third-order valence-corrected chi connectivity index (χ3v) is 5.20. The molecule has 3 nitrogen and oxygen atoms in total. The molecule has 2 aromatic rings. The topological polar surface area (TPSA) is 34.0 Å². The summed E-state index contributed by atoms with van der Waals surface area (Å²) in [5.41, 5.74) is 3.02. The van der Waals surface area contributed by atoms with Crippen LogP contribution in [-0.4, -0.2) is 10.5 Å². The van der Waals surface area contributed by atoms with Gasteiger partial charge in [-0.1, -0.05) is 30.2 Å². The van der Waals surface area contributed by atoms with Crippen molar-refractivity contribution in [1.29, 1.82) is 0 Å². The van der Waals surface area contributed by atoms with Crippen molar-refractivity contribution in [3.63, 3.8) is 0 Å². The van der Waals surface area contributed by atoms with Crippen molar-refractivity contribution in [3.05, 3.63) is 58.4 Å². The first kappa shape index (κ1) is 15.2. The molecule has 1 N–H and O–H groups in total. The highest BCUT2D eigenvalue weighted by Crippen LogP contribution is 2.44. The molecule has 0 aliphatic heterocycles. The van der Waals surface area contributed by atoms with Gasteiger partial charge in [-0.15, -0.1) is 0 Å². The molecule has 116 valence electrons. The number of hydrogen-bond donors (Lipinski definition) is 1. The summed E-state index contributed by atoms with van der Waals surface area (Å²) in [6, 6.07) is 11.8. The minimum Gasteiger partial charge on any atom is -0.350 e. The Labute approximate surface area is 136 Å². The van der Waals surface area contributed by atoms with Gasteiger partial charge in [0, 0.05) is 23.5 Å². The molecule has 0 unspecified atom stereocenters. The van der Waals surface area contributed by atoms with Gasteiger partial charge in [0.25, 0.3) is 0 Å². The molecule has 1 aliphatic rings. The minimum atomic E-state index is -0.370. The number of carbonyl (C=O) groups is 1. The fraction of sp³-hybridized carbons (Fsp3) is 0.389. The minimum absolute atomic E-state index is 0.125. The Kier molecular flexibility index (Phi) is 4.00. The molecule has 0 spiro atoms. The van der Waals surface area contributed by atoms with Crippen molar-refractivity contribution in [2.24, 2.45) is 7.05 Å². The summed E-state index contributed by atoms with van der Waals surface area (Å²) >= 11 is 5.96.